The minimum Gasteiger partial charge on any atom is -0.387 e. The van der Waals surface area contributed by atoms with Crippen LogP contribution in [0.3, 0.4) is 0 Å². The lowest BCUT2D eigenvalue weighted by atomic mass is 10.1. The number of thiazole rings is 1. The third kappa shape index (κ3) is 3.56. The number of hydrogen-bond acceptors (Lipinski definition) is 5. The van der Waals surface area contributed by atoms with E-state index in [2.05, 4.69) is 9.71 Å². The van der Waals surface area contributed by atoms with Crippen LogP contribution in [0.15, 0.2) is 34.5 Å². The summed E-state index contributed by atoms with van der Waals surface area (Å²) >= 11 is 6.59. The molecule has 8 heteroatoms. The van der Waals surface area contributed by atoms with Gasteiger partial charge in [-0.2, -0.15) is 0 Å². The topological polar surface area (TPSA) is 79.3 Å². The van der Waals surface area contributed by atoms with Crippen molar-refractivity contribution in [2.75, 3.05) is 6.54 Å². The highest BCUT2D eigenvalue weighted by molar-refractivity contribution is 7.91. The van der Waals surface area contributed by atoms with E-state index in [0.717, 1.165) is 11.3 Å². The van der Waals surface area contributed by atoms with Crippen LogP contribution in [0.2, 0.25) is 4.47 Å². The lowest BCUT2D eigenvalue weighted by Gasteiger charge is -2.12. The van der Waals surface area contributed by atoms with Crippen LogP contribution in [-0.4, -0.2) is 25.1 Å². The average Bonchev–Trinajstić information content (AvgIpc) is 2.77. The maximum Gasteiger partial charge on any atom is 0.252 e. The lowest BCUT2D eigenvalue weighted by molar-refractivity contribution is 0.182. The predicted molar refractivity (Wildman–Crippen MR) is 78.5 cm³/mol. The van der Waals surface area contributed by atoms with Gasteiger partial charge in [0.2, 0.25) is 0 Å². The highest BCUT2D eigenvalue weighted by atomic mass is 35.5. The number of aromatic nitrogens is 1. The van der Waals surface area contributed by atoms with Gasteiger partial charge in [0.05, 0.1) is 11.8 Å². The number of halogens is 1. The van der Waals surface area contributed by atoms with Crippen molar-refractivity contribution in [3.63, 3.8) is 0 Å². The maximum atomic E-state index is 12.1. The van der Waals surface area contributed by atoms with Gasteiger partial charge in [-0.3, -0.25) is 0 Å². The summed E-state index contributed by atoms with van der Waals surface area (Å²) in [7, 11) is -3.71. The molecule has 0 saturated heterocycles. The summed E-state index contributed by atoms with van der Waals surface area (Å²) in [5.41, 5.74) is 0.996. The van der Waals surface area contributed by atoms with E-state index >= 15 is 0 Å². The molecule has 1 aromatic heterocycles. The zero-order valence-electron chi connectivity index (χ0n) is 10.6. The molecule has 2 N–H and O–H groups in total. The monoisotopic (exact) mass is 332 g/mol. The summed E-state index contributed by atoms with van der Waals surface area (Å²) in [5.74, 6) is 0. The summed E-state index contributed by atoms with van der Waals surface area (Å²) in [4.78, 5) is 3.86. The van der Waals surface area contributed by atoms with Crippen LogP contribution < -0.4 is 4.72 Å². The number of aliphatic hydroxyl groups is 1. The second kappa shape index (κ2) is 6.19. The van der Waals surface area contributed by atoms with Crippen molar-refractivity contribution >= 4 is 33.0 Å². The van der Waals surface area contributed by atoms with E-state index in [4.69, 9.17) is 11.6 Å². The van der Waals surface area contributed by atoms with Crippen molar-refractivity contribution in [3.8, 4) is 0 Å². The molecule has 0 aliphatic rings. The molecule has 0 amide bonds. The zero-order chi connectivity index (χ0) is 14.8. The number of aryl methyl sites for hydroxylation is 1. The summed E-state index contributed by atoms with van der Waals surface area (Å²) in [6.07, 6.45) is -0.908. The summed E-state index contributed by atoms with van der Waals surface area (Å²) < 4.78 is 26.8. The van der Waals surface area contributed by atoms with Crippen molar-refractivity contribution in [1.82, 2.24) is 9.71 Å². The third-order valence-corrected chi connectivity index (χ3v) is 5.92. The fourth-order valence-corrected chi connectivity index (χ4v) is 4.47. The molecule has 2 rings (SSSR count). The van der Waals surface area contributed by atoms with Crippen LogP contribution in [0.4, 0.5) is 0 Å². The van der Waals surface area contributed by atoms with E-state index in [9.17, 15) is 13.5 Å². The fourth-order valence-electron chi connectivity index (χ4n) is 1.65. The quantitative estimate of drug-likeness (QED) is 0.879. The number of nitrogens with zero attached hydrogens (tertiary/aromatic N) is 1. The molecule has 1 atom stereocenters. The molecule has 1 unspecified atom stereocenters. The first kappa shape index (κ1) is 15.4. The summed E-state index contributed by atoms with van der Waals surface area (Å²) in [6, 6.07) is 8.84. The van der Waals surface area contributed by atoms with Crippen LogP contribution in [0.25, 0.3) is 0 Å². The number of hydrogen-bond donors (Lipinski definition) is 2. The second-order valence-electron chi connectivity index (χ2n) is 4.12. The predicted octanol–water partition coefficient (Wildman–Crippen LogP) is 2.12. The normalized spacial score (nSPS) is 13.3. The average molecular weight is 333 g/mol. The summed E-state index contributed by atoms with van der Waals surface area (Å²) in [6.45, 7) is 1.46. The molecule has 20 heavy (non-hydrogen) atoms. The van der Waals surface area contributed by atoms with Crippen LogP contribution in [0.5, 0.6) is 0 Å². The van der Waals surface area contributed by atoms with Gasteiger partial charge in [0.1, 0.15) is 0 Å². The van der Waals surface area contributed by atoms with Gasteiger partial charge in [-0.25, -0.2) is 18.1 Å². The molecule has 0 aliphatic heterocycles. The zero-order valence-corrected chi connectivity index (χ0v) is 13.0. The molecule has 1 heterocycles. The standard InChI is InChI=1S/C12H13ClN2O3S2/c1-8-11(19-12(13)15-8)20(17,18)14-7-10(16)9-5-3-2-4-6-9/h2-6,10,14,16H,7H2,1H3. The van der Waals surface area contributed by atoms with E-state index in [1.54, 1.807) is 31.2 Å². The molecule has 108 valence electrons. The van der Waals surface area contributed by atoms with Gasteiger partial charge in [0, 0.05) is 6.54 Å². The van der Waals surface area contributed by atoms with E-state index < -0.39 is 16.1 Å². The fraction of sp³-hybridized carbons (Fsp3) is 0.250. The van der Waals surface area contributed by atoms with E-state index in [-0.39, 0.29) is 15.2 Å². The Morgan fingerprint density at radius 3 is 2.60 bits per heavy atom. The van der Waals surface area contributed by atoms with Crippen molar-refractivity contribution in [2.24, 2.45) is 0 Å². The number of rotatable bonds is 5. The highest BCUT2D eigenvalue weighted by Gasteiger charge is 2.22. The van der Waals surface area contributed by atoms with E-state index in [0.29, 0.717) is 11.3 Å². The molecule has 5 nitrogen and oxygen atoms in total. The first-order chi connectivity index (χ1) is 9.40. The van der Waals surface area contributed by atoms with Gasteiger partial charge in [-0.1, -0.05) is 53.3 Å². The first-order valence-corrected chi connectivity index (χ1v) is 8.43. The van der Waals surface area contributed by atoms with Crippen molar-refractivity contribution in [3.05, 3.63) is 46.1 Å². The smallest absolute Gasteiger partial charge is 0.252 e. The van der Waals surface area contributed by atoms with Crippen molar-refractivity contribution < 1.29 is 13.5 Å². The molecule has 1 aromatic carbocycles. The Labute approximate surface area is 126 Å². The summed E-state index contributed by atoms with van der Waals surface area (Å²) in [5, 5.41) is 9.94. The van der Waals surface area contributed by atoms with E-state index in [1.165, 1.54) is 0 Å². The Morgan fingerprint density at radius 2 is 2.05 bits per heavy atom. The molecule has 0 spiro atoms. The second-order valence-corrected chi connectivity index (χ2v) is 7.66. The Kier molecular flexibility index (Phi) is 4.77. The molecule has 0 fully saturated rings. The van der Waals surface area contributed by atoms with Gasteiger partial charge in [0.25, 0.3) is 10.0 Å². The Hall–Kier alpha value is -0.990. The number of aliphatic hydroxyl groups excluding tert-OH is 1. The number of sulfonamides is 1. The van der Waals surface area contributed by atoms with Gasteiger partial charge >= 0.3 is 0 Å². The molecule has 0 aliphatic carbocycles. The minimum atomic E-state index is -3.71. The molecular formula is C12H13ClN2O3S2. The largest absolute Gasteiger partial charge is 0.387 e. The van der Waals surface area contributed by atoms with Crippen LogP contribution in [0, 0.1) is 6.92 Å². The van der Waals surface area contributed by atoms with Gasteiger partial charge < -0.3 is 5.11 Å². The Balaban J connectivity index is 2.08. The molecular weight excluding hydrogens is 320 g/mol. The van der Waals surface area contributed by atoms with Crippen LogP contribution in [-0.2, 0) is 10.0 Å². The van der Waals surface area contributed by atoms with Gasteiger partial charge in [0.15, 0.2) is 8.68 Å². The molecule has 2 aromatic rings. The minimum absolute atomic E-state index is 0.0720. The van der Waals surface area contributed by atoms with Gasteiger partial charge in [-0.15, -0.1) is 0 Å². The Bertz CT molecular complexity index is 686. The number of benzene rings is 1. The van der Waals surface area contributed by atoms with Crippen LogP contribution in [0.1, 0.15) is 17.4 Å². The third-order valence-electron chi connectivity index (χ3n) is 2.62. The molecule has 0 bridgehead atoms. The van der Waals surface area contributed by atoms with E-state index in [1.807, 2.05) is 6.07 Å². The number of nitrogens with one attached hydrogen (secondary N) is 1. The van der Waals surface area contributed by atoms with Gasteiger partial charge in [-0.05, 0) is 12.5 Å². The molecule has 0 radical (unpaired) electrons. The lowest BCUT2D eigenvalue weighted by Crippen LogP contribution is -2.28. The molecule has 0 saturated carbocycles. The maximum absolute atomic E-state index is 12.1. The van der Waals surface area contributed by atoms with Crippen molar-refractivity contribution in [2.45, 2.75) is 17.2 Å². The van der Waals surface area contributed by atoms with Crippen molar-refractivity contribution in [1.29, 1.82) is 0 Å². The Morgan fingerprint density at radius 1 is 1.40 bits per heavy atom. The van der Waals surface area contributed by atoms with Crippen LogP contribution >= 0.6 is 22.9 Å². The highest BCUT2D eigenvalue weighted by Crippen LogP contribution is 2.26. The first-order valence-electron chi connectivity index (χ1n) is 5.76. The SMILES string of the molecule is Cc1nc(Cl)sc1S(=O)(=O)NCC(O)c1ccccc1.